The minimum absolute atomic E-state index is 0.110. The van der Waals surface area contributed by atoms with Crippen molar-refractivity contribution in [1.82, 2.24) is 9.97 Å². The Kier molecular flexibility index (Phi) is 6.27. The van der Waals surface area contributed by atoms with Crippen molar-refractivity contribution in [1.29, 1.82) is 0 Å². The molecule has 2 rings (SSSR count). The molecule has 122 valence electrons. The van der Waals surface area contributed by atoms with Crippen LogP contribution in [0.15, 0.2) is 22.7 Å². The normalized spacial score (nSPS) is 11.3. The number of benzene rings is 1. The lowest BCUT2D eigenvalue weighted by Crippen LogP contribution is -1.95. The van der Waals surface area contributed by atoms with Crippen LogP contribution in [0.1, 0.15) is 41.6 Å². The minimum Gasteiger partial charge on any atom is -0.506 e. The Labute approximate surface area is 152 Å². The first kappa shape index (κ1) is 18.0. The topological polar surface area (TPSA) is 66.0 Å². The Bertz CT molecular complexity index is 757. The third-order valence-electron chi connectivity index (χ3n) is 3.19. The van der Waals surface area contributed by atoms with Crippen molar-refractivity contribution in [2.45, 2.75) is 26.2 Å². The molecule has 0 amide bonds. The van der Waals surface area contributed by atoms with Crippen LogP contribution in [0.2, 0.25) is 10.2 Å². The summed E-state index contributed by atoms with van der Waals surface area (Å²) in [6.45, 7) is 2.10. The van der Waals surface area contributed by atoms with Crippen molar-refractivity contribution >= 4 is 51.0 Å². The highest BCUT2D eigenvalue weighted by Crippen LogP contribution is 2.32. The number of aryl methyl sites for hydroxylation is 1. The standard InChI is InChI=1S/C16H15BrCl2N2O2/c1-2-3-4-14-20-12(16(19)21-14)5-6-13(22)10-7-9(18)8-11(17)15(10)23/h5-8,23H,2-4H2,1H3,(H,20,21)/b6-5+. The number of carbonyl (C=O) groups excluding carboxylic acids is 1. The van der Waals surface area contributed by atoms with Crippen molar-refractivity contribution in [2.75, 3.05) is 0 Å². The summed E-state index contributed by atoms with van der Waals surface area (Å²) in [5.74, 6) is 0.248. The summed E-state index contributed by atoms with van der Waals surface area (Å²) < 4.78 is 0.362. The van der Waals surface area contributed by atoms with Crippen LogP contribution in [-0.2, 0) is 6.42 Å². The molecule has 0 atom stereocenters. The van der Waals surface area contributed by atoms with Gasteiger partial charge >= 0.3 is 0 Å². The van der Waals surface area contributed by atoms with Gasteiger partial charge in [-0.25, -0.2) is 4.98 Å². The number of aromatic hydroxyl groups is 1. The molecule has 1 aromatic carbocycles. The van der Waals surface area contributed by atoms with E-state index in [1.807, 2.05) is 0 Å². The number of allylic oxidation sites excluding steroid dienone is 1. The summed E-state index contributed by atoms with van der Waals surface area (Å²) in [7, 11) is 0. The van der Waals surface area contributed by atoms with E-state index in [2.05, 4.69) is 32.8 Å². The molecule has 2 aromatic rings. The van der Waals surface area contributed by atoms with E-state index >= 15 is 0 Å². The van der Waals surface area contributed by atoms with Gasteiger partial charge in [-0.1, -0.05) is 36.5 Å². The molecule has 0 saturated heterocycles. The van der Waals surface area contributed by atoms with Crippen LogP contribution < -0.4 is 0 Å². The van der Waals surface area contributed by atoms with Gasteiger partial charge in [0.25, 0.3) is 0 Å². The van der Waals surface area contributed by atoms with Crippen molar-refractivity contribution in [3.05, 3.63) is 49.9 Å². The predicted molar refractivity (Wildman–Crippen MR) is 96.4 cm³/mol. The Morgan fingerprint density at radius 2 is 2.17 bits per heavy atom. The fraction of sp³-hybridized carbons (Fsp3) is 0.250. The first-order chi connectivity index (χ1) is 10.9. The molecule has 0 bridgehead atoms. The van der Waals surface area contributed by atoms with Crippen LogP contribution in [0.4, 0.5) is 0 Å². The highest BCUT2D eigenvalue weighted by molar-refractivity contribution is 9.10. The van der Waals surface area contributed by atoms with E-state index < -0.39 is 0 Å². The molecule has 1 heterocycles. The highest BCUT2D eigenvalue weighted by Gasteiger charge is 2.13. The van der Waals surface area contributed by atoms with Gasteiger partial charge in [0.1, 0.15) is 22.4 Å². The second-order valence-electron chi connectivity index (χ2n) is 4.97. The quantitative estimate of drug-likeness (QED) is 0.486. The third kappa shape index (κ3) is 4.59. The number of unbranched alkanes of at least 4 members (excludes halogenated alkanes) is 1. The van der Waals surface area contributed by atoms with Crippen molar-refractivity contribution in [3.63, 3.8) is 0 Å². The van der Waals surface area contributed by atoms with Crippen LogP contribution in [-0.4, -0.2) is 20.9 Å². The molecule has 7 heteroatoms. The number of carbonyl (C=O) groups is 1. The van der Waals surface area contributed by atoms with Gasteiger partial charge in [0.15, 0.2) is 5.78 Å². The molecule has 4 nitrogen and oxygen atoms in total. The number of aromatic nitrogens is 2. The molecule has 0 fully saturated rings. The van der Waals surface area contributed by atoms with Gasteiger partial charge in [0.2, 0.25) is 0 Å². The van der Waals surface area contributed by atoms with Crippen LogP contribution in [0.25, 0.3) is 6.08 Å². The molecule has 0 aliphatic heterocycles. The number of hydrogen-bond donors (Lipinski definition) is 2. The van der Waals surface area contributed by atoms with E-state index in [0.717, 1.165) is 25.1 Å². The average Bonchev–Trinajstić information content (AvgIpc) is 2.86. The van der Waals surface area contributed by atoms with E-state index in [0.29, 0.717) is 20.3 Å². The fourth-order valence-corrected chi connectivity index (χ4v) is 3.01. The number of imidazole rings is 1. The molecule has 0 aliphatic carbocycles. The van der Waals surface area contributed by atoms with Crippen molar-refractivity contribution < 1.29 is 9.90 Å². The first-order valence-electron chi connectivity index (χ1n) is 7.07. The number of ketones is 1. The zero-order valence-corrected chi connectivity index (χ0v) is 15.5. The summed E-state index contributed by atoms with van der Waals surface area (Å²) >= 11 is 15.1. The van der Waals surface area contributed by atoms with Gasteiger partial charge < -0.3 is 10.1 Å². The number of phenolic OH excluding ortho intramolecular Hbond substituents is 1. The number of phenols is 1. The van der Waals surface area contributed by atoms with E-state index in [9.17, 15) is 9.90 Å². The Morgan fingerprint density at radius 3 is 2.87 bits per heavy atom. The lowest BCUT2D eigenvalue weighted by molar-refractivity contribution is 0.104. The molecule has 2 N–H and O–H groups in total. The zero-order chi connectivity index (χ0) is 17.0. The van der Waals surface area contributed by atoms with Crippen molar-refractivity contribution in [2.24, 2.45) is 0 Å². The van der Waals surface area contributed by atoms with Gasteiger partial charge in [-0.15, -0.1) is 0 Å². The number of H-pyrrole nitrogens is 1. The minimum atomic E-state index is -0.389. The fourth-order valence-electron chi connectivity index (χ4n) is 1.98. The van der Waals surface area contributed by atoms with Crippen LogP contribution in [0, 0.1) is 0 Å². The molecule has 0 radical (unpaired) electrons. The van der Waals surface area contributed by atoms with Gasteiger partial charge in [-0.2, -0.15) is 0 Å². The second-order valence-corrected chi connectivity index (χ2v) is 6.64. The van der Waals surface area contributed by atoms with Crippen LogP contribution >= 0.6 is 39.1 Å². The molecule has 0 spiro atoms. The Morgan fingerprint density at radius 1 is 1.43 bits per heavy atom. The van der Waals surface area contributed by atoms with E-state index in [4.69, 9.17) is 23.2 Å². The average molecular weight is 418 g/mol. The SMILES string of the molecule is CCCCc1nc(/C=C/C(=O)c2cc(Cl)cc(Br)c2O)c(Cl)[nH]1. The Balaban J connectivity index is 2.20. The molecule has 1 aromatic heterocycles. The number of nitrogens with zero attached hydrogens (tertiary/aromatic N) is 1. The second kappa shape index (κ2) is 7.99. The van der Waals surface area contributed by atoms with E-state index in [1.54, 1.807) is 0 Å². The Hall–Kier alpha value is -1.30. The molecular weight excluding hydrogens is 403 g/mol. The lowest BCUT2D eigenvalue weighted by atomic mass is 10.1. The van der Waals surface area contributed by atoms with E-state index in [1.165, 1.54) is 24.3 Å². The molecule has 23 heavy (non-hydrogen) atoms. The largest absolute Gasteiger partial charge is 0.506 e. The first-order valence-corrected chi connectivity index (χ1v) is 8.62. The monoisotopic (exact) mass is 416 g/mol. The van der Waals surface area contributed by atoms with Gasteiger partial charge in [-0.05, 0) is 46.6 Å². The number of rotatable bonds is 6. The maximum atomic E-state index is 12.2. The number of hydrogen-bond acceptors (Lipinski definition) is 3. The summed E-state index contributed by atoms with van der Waals surface area (Å²) in [4.78, 5) is 19.6. The summed E-state index contributed by atoms with van der Waals surface area (Å²) in [5, 5.41) is 10.7. The smallest absolute Gasteiger partial charge is 0.189 e. The van der Waals surface area contributed by atoms with E-state index in [-0.39, 0.29) is 17.1 Å². The highest BCUT2D eigenvalue weighted by atomic mass is 79.9. The lowest BCUT2D eigenvalue weighted by Gasteiger charge is -2.03. The summed E-state index contributed by atoms with van der Waals surface area (Å²) in [6.07, 6.45) is 5.70. The molecular formula is C16H15BrCl2N2O2. The van der Waals surface area contributed by atoms with Crippen LogP contribution in [0.5, 0.6) is 5.75 Å². The zero-order valence-electron chi connectivity index (χ0n) is 12.4. The van der Waals surface area contributed by atoms with Gasteiger partial charge in [-0.3, -0.25) is 4.79 Å². The van der Waals surface area contributed by atoms with Crippen molar-refractivity contribution in [3.8, 4) is 5.75 Å². The van der Waals surface area contributed by atoms with Gasteiger partial charge in [0, 0.05) is 11.4 Å². The molecule has 0 aliphatic rings. The maximum absolute atomic E-state index is 12.2. The summed E-state index contributed by atoms with van der Waals surface area (Å²) in [6, 6.07) is 2.93. The number of aromatic amines is 1. The molecule has 0 saturated carbocycles. The van der Waals surface area contributed by atoms with Crippen LogP contribution in [0.3, 0.4) is 0 Å². The third-order valence-corrected chi connectivity index (χ3v) is 4.30. The maximum Gasteiger partial charge on any atom is 0.189 e. The predicted octanol–water partition coefficient (Wildman–Crippen LogP) is 5.42. The molecule has 0 unspecified atom stereocenters. The number of nitrogens with one attached hydrogen (secondary N) is 1. The number of halogens is 3. The summed E-state index contributed by atoms with van der Waals surface area (Å²) in [5.41, 5.74) is 0.602. The van der Waals surface area contributed by atoms with Gasteiger partial charge in [0.05, 0.1) is 10.0 Å².